The third-order valence-corrected chi connectivity index (χ3v) is 3.79. The van der Waals surface area contributed by atoms with Crippen LogP contribution in [0.5, 0.6) is 0 Å². The minimum Gasteiger partial charge on any atom is -0.384 e. The maximum Gasteiger partial charge on any atom is 0.0370 e. The first-order valence-corrected chi connectivity index (χ1v) is 6.91. The summed E-state index contributed by atoms with van der Waals surface area (Å²) in [5.74, 6) is 0. The molecule has 1 aliphatic rings. The second-order valence-corrected chi connectivity index (χ2v) is 5.22. The number of para-hydroxylation sites is 1. The van der Waals surface area contributed by atoms with Gasteiger partial charge in [0.15, 0.2) is 0 Å². The molecule has 1 aliphatic heterocycles. The molecule has 0 aliphatic carbocycles. The van der Waals surface area contributed by atoms with Gasteiger partial charge >= 0.3 is 0 Å². The lowest BCUT2D eigenvalue weighted by atomic mass is 10.1. The molecule has 0 unspecified atom stereocenters. The van der Waals surface area contributed by atoms with E-state index in [-0.39, 0.29) is 0 Å². The Balaban J connectivity index is 1.51. The number of fused-ring (bicyclic) bond motifs is 1. The maximum absolute atomic E-state index is 3.52. The van der Waals surface area contributed by atoms with Gasteiger partial charge in [0.25, 0.3) is 0 Å². The summed E-state index contributed by atoms with van der Waals surface area (Å²) >= 11 is 0. The lowest BCUT2D eigenvalue weighted by Crippen LogP contribution is -2.24. The SMILES string of the molecule is Cc1ccccc1NCCN1Cc2ccccc2C1. The van der Waals surface area contributed by atoms with Crippen LogP contribution in [0.25, 0.3) is 0 Å². The minimum atomic E-state index is 0.999. The first-order chi connectivity index (χ1) is 9.33. The topological polar surface area (TPSA) is 15.3 Å². The molecule has 0 fully saturated rings. The van der Waals surface area contributed by atoms with E-state index in [1.807, 2.05) is 0 Å². The van der Waals surface area contributed by atoms with Crippen LogP contribution in [0.15, 0.2) is 48.5 Å². The molecule has 19 heavy (non-hydrogen) atoms. The van der Waals surface area contributed by atoms with Crippen molar-refractivity contribution in [2.75, 3.05) is 18.4 Å². The van der Waals surface area contributed by atoms with Crippen molar-refractivity contribution in [1.29, 1.82) is 0 Å². The molecule has 0 atom stereocenters. The van der Waals surface area contributed by atoms with Crippen molar-refractivity contribution in [3.05, 3.63) is 65.2 Å². The first kappa shape index (κ1) is 12.2. The van der Waals surface area contributed by atoms with Crippen LogP contribution in [-0.4, -0.2) is 18.0 Å². The number of nitrogens with one attached hydrogen (secondary N) is 1. The highest BCUT2D eigenvalue weighted by Crippen LogP contribution is 2.21. The number of benzene rings is 2. The van der Waals surface area contributed by atoms with Crippen LogP contribution in [0.3, 0.4) is 0 Å². The third kappa shape index (κ3) is 2.79. The first-order valence-electron chi connectivity index (χ1n) is 6.91. The summed E-state index contributed by atoms with van der Waals surface area (Å²) in [4.78, 5) is 2.50. The number of nitrogens with zero attached hydrogens (tertiary/aromatic N) is 1. The molecule has 1 N–H and O–H groups in total. The fourth-order valence-corrected chi connectivity index (χ4v) is 2.68. The fraction of sp³-hybridized carbons (Fsp3) is 0.294. The van der Waals surface area contributed by atoms with Gasteiger partial charge in [0.05, 0.1) is 0 Å². The summed E-state index contributed by atoms with van der Waals surface area (Å²) in [6, 6.07) is 17.2. The number of hydrogen-bond acceptors (Lipinski definition) is 2. The Morgan fingerprint density at radius 1 is 0.947 bits per heavy atom. The maximum atomic E-state index is 3.52. The van der Waals surface area contributed by atoms with E-state index in [0.29, 0.717) is 0 Å². The van der Waals surface area contributed by atoms with E-state index in [1.165, 1.54) is 22.4 Å². The number of hydrogen-bond donors (Lipinski definition) is 1. The minimum absolute atomic E-state index is 0.999. The van der Waals surface area contributed by atoms with Crippen molar-refractivity contribution >= 4 is 5.69 Å². The van der Waals surface area contributed by atoms with Crippen LogP contribution in [-0.2, 0) is 13.1 Å². The molecule has 0 spiro atoms. The van der Waals surface area contributed by atoms with Crippen molar-refractivity contribution in [2.24, 2.45) is 0 Å². The lowest BCUT2D eigenvalue weighted by molar-refractivity contribution is 0.296. The summed E-state index contributed by atoms with van der Waals surface area (Å²) in [7, 11) is 0. The van der Waals surface area contributed by atoms with E-state index in [2.05, 4.69) is 65.7 Å². The highest BCUT2D eigenvalue weighted by molar-refractivity contribution is 5.50. The second-order valence-electron chi connectivity index (χ2n) is 5.22. The van der Waals surface area contributed by atoms with Crippen LogP contribution >= 0.6 is 0 Å². The van der Waals surface area contributed by atoms with Crippen molar-refractivity contribution in [3.8, 4) is 0 Å². The third-order valence-electron chi connectivity index (χ3n) is 3.79. The molecular weight excluding hydrogens is 232 g/mol. The molecule has 2 heteroatoms. The number of anilines is 1. The van der Waals surface area contributed by atoms with E-state index in [9.17, 15) is 0 Å². The van der Waals surface area contributed by atoms with Crippen LogP contribution in [0.2, 0.25) is 0 Å². The Labute approximate surface area is 115 Å². The highest BCUT2D eigenvalue weighted by Gasteiger charge is 2.17. The number of rotatable bonds is 4. The van der Waals surface area contributed by atoms with Gasteiger partial charge in [-0.15, -0.1) is 0 Å². The molecule has 2 aromatic rings. The zero-order valence-corrected chi connectivity index (χ0v) is 11.4. The monoisotopic (exact) mass is 252 g/mol. The van der Waals surface area contributed by atoms with Gasteiger partial charge in [-0.05, 0) is 29.7 Å². The van der Waals surface area contributed by atoms with Crippen molar-refractivity contribution < 1.29 is 0 Å². The summed E-state index contributed by atoms with van der Waals surface area (Å²) in [6.45, 7) is 6.41. The molecule has 0 amide bonds. The molecule has 1 heterocycles. The Morgan fingerprint density at radius 3 is 2.26 bits per heavy atom. The molecule has 2 aromatic carbocycles. The Hall–Kier alpha value is -1.80. The van der Waals surface area contributed by atoms with E-state index in [0.717, 1.165) is 26.2 Å². The predicted molar refractivity (Wildman–Crippen MR) is 80.2 cm³/mol. The summed E-state index contributed by atoms with van der Waals surface area (Å²) < 4.78 is 0. The Kier molecular flexibility index (Phi) is 3.51. The standard InChI is InChI=1S/C17H20N2/c1-14-6-2-5-9-17(14)18-10-11-19-12-15-7-3-4-8-16(15)13-19/h2-9,18H,10-13H2,1H3. The lowest BCUT2D eigenvalue weighted by Gasteiger charge is -2.16. The molecule has 2 nitrogen and oxygen atoms in total. The van der Waals surface area contributed by atoms with Gasteiger partial charge in [-0.3, -0.25) is 4.90 Å². The molecule has 0 bridgehead atoms. The normalized spacial score (nSPS) is 14.4. The molecule has 0 aromatic heterocycles. The summed E-state index contributed by atoms with van der Waals surface area (Å²) in [6.07, 6.45) is 0. The summed E-state index contributed by atoms with van der Waals surface area (Å²) in [5.41, 5.74) is 5.53. The zero-order chi connectivity index (χ0) is 13.1. The van der Waals surface area contributed by atoms with Crippen LogP contribution in [0, 0.1) is 6.92 Å². The van der Waals surface area contributed by atoms with E-state index in [4.69, 9.17) is 0 Å². The van der Waals surface area contributed by atoms with Gasteiger partial charge in [0, 0.05) is 31.9 Å². The van der Waals surface area contributed by atoms with Gasteiger partial charge in [0.1, 0.15) is 0 Å². The van der Waals surface area contributed by atoms with Crippen LogP contribution < -0.4 is 5.32 Å². The number of aryl methyl sites for hydroxylation is 1. The van der Waals surface area contributed by atoms with Gasteiger partial charge < -0.3 is 5.32 Å². The highest BCUT2D eigenvalue weighted by atomic mass is 15.2. The average molecular weight is 252 g/mol. The van der Waals surface area contributed by atoms with Gasteiger partial charge in [0.2, 0.25) is 0 Å². The molecule has 0 saturated heterocycles. The quantitative estimate of drug-likeness (QED) is 0.897. The molecule has 0 saturated carbocycles. The molecule has 3 rings (SSSR count). The second kappa shape index (κ2) is 5.45. The smallest absolute Gasteiger partial charge is 0.0370 e. The zero-order valence-electron chi connectivity index (χ0n) is 11.4. The van der Waals surface area contributed by atoms with Crippen molar-refractivity contribution in [2.45, 2.75) is 20.0 Å². The molecule has 98 valence electrons. The van der Waals surface area contributed by atoms with Crippen LogP contribution in [0.4, 0.5) is 5.69 Å². The Bertz CT molecular complexity index is 538. The van der Waals surface area contributed by atoms with E-state index >= 15 is 0 Å². The van der Waals surface area contributed by atoms with Crippen molar-refractivity contribution in [1.82, 2.24) is 4.90 Å². The fourth-order valence-electron chi connectivity index (χ4n) is 2.68. The predicted octanol–water partition coefficient (Wildman–Crippen LogP) is 3.42. The van der Waals surface area contributed by atoms with Gasteiger partial charge in [-0.1, -0.05) is 42.5 Å². The molecule has 0 radical (unpaired) electrons. The van der Waals surface area contributed by atoms with E-state index < -0.39 is 0 Å². The average Bonchev–Trinajstić information content (AvgIpc) is 2.83. The Morgan fingerprint density at radius 2 is 1.58 bits per heavy atom. The van der Waals surface area contributed by atoms with E-state index in [1.54, 1.807) is 0 Å². The molecular formula is C17H20N2. The van der Waals surface area contributed by atoms with Gasteiger partial charge in [-0.25, -0.2) is 0 Å². The van der Waals surface area contributed by atoms with Crippen molar-refractivity contribution in [3.63, 3.8) is 0 Å². The largest absolute Gasteiger partial charge is 0.384 e. The van der Waals surface area contributed by atoms with Crippen LogP contribution in [0.1, 0.15) is 16.7 Å². The van der Waals surface area contributed by atoms with Gasteiger partial charge in [-0.2, -0.15) is 0 Å². The summed E-state index contributed by atoms with van der Waals surface area (Å²) in [5, 5.41) is 3.52.